The molecule has 0 spiro atoms. The molecular formula is C43H50F3N4O6P. The Kier molecular flexibility index (Phi) is 15.1. The molecule has 0 aliphatic heterocycles. The fraction of sp³-hybridized carbons (Fsp3) is 0.419. The van der Waals surface area contributed by atoms with Crippen molar-refractivity contribution in [2.24, 2.45) is 5.92 Å². The number of pyridine rings is 1. The predicted molar refractivity (Wildman–Crippen MR) is 213 cm³/mol. The van der Waals surface area contributed by atoms with Crippen LogP contribution in [0.3, 0.4) is 0 Å². The Bertz CT molecular complexity index is 1840. The van der Waals surface area contributed by atoms with Crippen molar-refractivity contribution in [2.75, 3.05) is 32.3 Å². The Morgan fingerprint density at radius 2 is 1.44 bits per heavy atom. The molecule has 1 aliphatic carbocycles. The van der Waals surface area contributed by atoms with E-state index in [4.69, 9.17) is 23.3 Å². The summed E-state index contributed by atoms with van der Waals surface area (Å²) in [6.07, 6.45) is -2.87. The molecule has 1 unspecified atom stereocenters. The van der Waals surface area contributed by atoms with E-state index in [-0.39, 0.29) is 50.2 Å². The predicted octanol–water partition coefficient (Wildman–Crippen LogP) is 9.44. The second kappa shape index (κ2) is 19.7. The van der Waals surface area contributed by atoms with Gasteiger partial charge in [-0.1, -0.05) is 54.6 Å². The summed E-state index contributed by atoms with van der Waals surface area (Å²) in [5.41, 5.74) is 1.18. The topological polar surface area (TPSA) is 106 Å². The molecule has 0 N–H and O–H groups in total. The third kappa shape index (κ3) is 10.3. The van der Waals surface area contributed by atoms with Gasteiger partial charge in [0.15, 0.2) is 0 Å². The van der Waals surface area contributed by atoms with Gasteiger partial charge in [-0.25, -0.2) is 4.67 Å². The third-order valence-corrected chi connectivity index (χ3v) is 12.1. The molecule has 0 bridgehead atoms. The molecule has 4 aromatic rings. The van der Waals surface area contributed by atoms with Crippen molar-refractivity contribution in [1.82, 2.24) is 9.65 Å². The van der Waals surface area contributed by atoms with E-state index in [1.807, 2.05) is 107 Å². The molecule has 57 heavy (non-hydrogen) atoms. The number of amides is 1. The highest BCUT2D eigenvalue weighted by Gasteiger charge is 2.50. The van der Waals surface area contributed by atoms with E-state index < -0.39 is 44.3 Å². The van der Waals surface area contributed by atoms with Gasteiger partial charge in [-0.05, 0) is 93.6 Å². The molecule has 4 atom stereocenters. The monoisotopic (exact) mass is 806 g/mol. The van der Waals surface area contributed by atoms with Crippen LogP contribution in [0.5, 0.6) is 11.5 Å². The Labute approximate surface area is 334 Å². The van der Waals surface area contributed by atoms with Crippen molar-refractivity contribution < 1.29 is 41.2 Å². The molecule has 1 fully saturated rings. The van der Waals surface area contributed by atoms with E-state index in [0.29, 0.717) is 11.5 Å². The van der Waals surface area contributed by atoms with E-state index in [2.05, 4.69) is 15.7 Å². The minimum atomic E-state index is -5.15. The van der Waals surface area contributed by atoms with Gasteiger partial charge in [0.05, 0.1) is 57.9 Å². The van der Waals surface area contributed by atoms with Crippen molar-refractivity contribution >= 4 is 20.1 Å². The van der Waals surface area contributed by atoms with Crippen molar-refractivity contribution in [1.29, 1.82) is 5.26 Å². The molecule has 1 aliphatic rings. The molecule has 0 radical (unpaired) electrons. The lowest BCUT2D eigenvalue weighted by molar-refractivity contribution is -0.171. The molecule has 1 heterocycles. The average molecular weight is 807 g/mol. The lowest BCUT2D eigenvalue weighted by Crippen LogP contribution is -2.47. The van der Waals surface area contributed by atoms with E-state index in [9.17, 15) is 23.2 Å². The molecule has 1 aromatic heterocycles. The van der Waals surface area contributed by atoms with E-state index in [1.54, 1.807) is 14.2 Å². The lowest BCUT2D eigenvalue weighted by Gasteiger charge is -2.39. The van der Waals surface area contributed by atoms with Gasteiger partial charge >= 0.3 is 12.1 Å². The summed E-state index contributed by atoms with van der Waals surface area (Å²) >= 11 is 0. The summed E-state index contributed by atoms with van der Waals surface area (Å²) < 4.78 is 76.5. The van der Waals surface area contributed by atoms with Gasteiger partial charge in [0, 0.05) is 30.2 Å². The van der Waals surface area contributed by atoms with Crippen LogP contribution in [0.25, 0.3) is 0 Å². The van der Waals surface area contributed by atoms with Crippen LogP contribution in [0.2, 0.25) is 0 Å². The quantitative estimate of drug-likeness (QED) is 0.0553. The van der Waals surface area contributed by atoms with Gasteiger partial charge in [-0.2, -0.15) is 18.4 Å². The highest BCUT2D eigenvalue weighted by molar-refractivity contribution is 7.44. The Hall–Kier alpha value is -4.57. The maximum atomic E-state index is 14.3. The highest BCUT2D eigenvalue weighted by Crippen LogP contribution is 2.52. The van der Waals surface area contributed by atoms with Gasteiger partial charge in [0.2, 0.25) is 0 Å². The SMILES string of the molecule is COc1ccc(C(OC[C@H]2C[C@@H](N(C(=O)C(F)(F)F)c3cccnc3)C[C@@H]2OP(OCCC#N)N(C(C)C)C(C)C)(c2ccccc2)c2ccc(OC)cc2)cc1. The zero-order valence-electron chi connectivity index (χ0n) is 33.1. The molecule has 1 saturated carbocycles. The fourth-order valence-electron chi connectivity index (χ4n) is 7.42. The van der Waals surface area contributed by atoms with Crippen LogP contribution in [0, 0.1) is 17.2 Å². The molecular weight excluding hydrogens is 756 g/mol. The first-order valence-corrected chi connectivity index (χ1v) is 20.0. The number of nitrogens with zero attached hydrogens (tertiary/aromatic N) is 4. The first-order valence-electron chi connectivity index (χ1n) is 18.9. The van der Waals surface area contributed by atoms with E-state index in [0.717, 1.165) is 21.6 Å². The second-order valence-electron chi connectivity index (χ2n) is 14.3. The number of aromatic nitrogens is 1. The first kappa shape index (κ1) is 43.6. The number of rotatable bonds is 18. The number of benzene rings is 3. The number of anilines is 1. The number of hydrogen-bond acceptors (Lipinski definition) is 9. The smallest absolute Gasteiger partial charge is 0.471 e. The minimum absolute atomic E-state index is 0.0138. The molecule has 10 nitrogen and oxygen atoms in total. The number of alkyl halides is 3. The van der Waals surface area contributed by atoms with Crippen molar-refractivity contribution in [3.05, 3.63) is 120 Å². The third-order valence-electron chi connectivity index (χ3n) is 9.93. The van der Waals surface area contributed by atoms with Crippen molar-refractivity contribution in [3.63, 3.8) is 0 Å². The van der Waals surface area contributed by atoms with Crippen LogP contribution in [0.1, 0.15) is 63.6 Å². The number of methoxy groups -OCH3 is 2. The number of carbonyl (C=O) groups excluding carboxylic acids is 1. The van der Waals surface area contributed by atoms with Gasteiger partial charge in [-0.15, -0.1) is 0 Å². The normalized spacial score (nSPS) is 17.8. The van der Waals surface area contributed by atoms with Crippen molar-refractivity contribution in [2.45, 2.75) is 83.0 Å². The molecule has 5 rings (SSSR count). The summed E-state index contributed by atoms with van der Waals surface area (Å²) in [6.45, 7) is 8.15. The Balaban J connectivity index is 1.63. The molecule has 3 aromatic carbocycles. The zero-order chi connectivity index (χ0) is 41.2. The van der Waals surface area contributed by atoms with Crippen LogP contribution in [-0.2, 0) is 24.2 Å². The summed E-state index contributed by atoms with van der Waals surface area (Å²) in [5, 5.41) is 9.33. The second-order valence-corrected chi connectivity index (χ2v) is 15.7. The first-order chi connectivity index (χ1) is 27.3. The Morgan fingerprint density at radius 3 is 1.93 bits per heavy atom. The molecule has 14 heteroatoms. The van der Waals surface area contributed by atoms with Crippen molar-refractivity contribution in [3.8, 4) is 17.6 Å². The van der Waals surface area contributed by atoms with Gasteiger partial charge in [0.25, 0.3) is 8.53 Å². The summed E-state index contributed by atoms with van der Waals surface area (Å²) in [5.74, 6) is -1.22. The van der Waals surface area contributed by atoms with Gasteiger partial charge in [0.1, 0.15) is 17.1 Å². The highest BCUT2D eigenvalue weighted by atomic mass is 31.2. The Morgan fingerprint density at radius 1 is 0.860 bits per heavy atom. The number of nitriles is 1. The maximum absolute atomic E-state index is 14.3. The largest absolute Gasteiger partial charge is 0.497 e. The number of ether oxygens (including phenoxy) is 3. The summed E-state index contributed by atoms with van der Waals surface area (Å²) in [6, 6.07) is 28.9. The number of carbonyl (C=O) groups is 1. The standard InChI is InChI=1S/C43H50F3N4O6P/c1-30(2)50(31(3)4)57(55-25-11-23-47)56-40-27-37(49(41(51)43(44,45)46)36-14-10-24-48-28-36)26-32(40)29-54-42(33-12-8-7-9-13-33,34-15-19-38(52-5)20-16-34)35-17-21-39(53-6)22-18-35/h7-10,12-22,24,28,30-32,37,40H,11,25-27,29H2,1-6H3/t32-,37-,40+,57?/m1/s1. The minimum Gasteiger partial charge on any atom is -0.497 e. The summed E-state index contributed by atoms with van der Waals surface area (Å²) in [4.78, 5) is 18.1. The van der Waals surface area contributed by atoms with E-state index in [1.165, 1.54) is 24.5 Å². The number of hydrogen-bond donors (Lipinski definition) is 0. The maximum Gasteiger partial charge on any atom is 0.471 e. The van der Waals surface area contributed by atoms with Crippen LogP contribution < -0.4 is 14.4 Å². The van der Waals surface area contributed by atoms with Crippen LogP contribution in [0.15, 0.2) is 103 Å². The van der Waals surface area contributed by atoms with Gasteiger partial charge in [-0.3, -0.25) is 14.7 Å². The van der Waals surface area contributed by atoms with Crippen LogP contribution in [0.4, 0.5) is 18.9 Å². The molecule has 1 amide bonds. The molecule has 0 saturated heterocycles. The van der Waals surface area contributed by atoms with Crippen LogP contribution >= 0.6 is 8.53 Å². The van der Waals surface area contributed by atoms with Crippen LogP contribution in [-0.4, -0.2) is 73.4 Å². The molecule has 304 valence electrons. The fourth-order valence-corrected chi connectivity index (χ4v) is 9.21. The summed E-state index contributed by atoms with van der Waals surface area (Å²) in [7, 11) is 1.38. The lowest BCUT2D eigenvalue weighted by atomic mass is 9.79. The zero-order valence-corrected chi connectivity index (χ0v) is 34.0. The number of halogens is 3. The van der Waals surface area contributed by atoms with Gasteiger partial charge < -0.3 is 23.3 Å². The average Bonchev–Trinajstić information content (AvgIpc) is 3.60. The van der Waals surface area contributed by atoms with E-state index >= 15 is 0 Å².